The Morgan fingerprint density at radius 3 is 1.72 bits per heavy atom. The second-order valence-electron chi connectivity index (χ2n) is 10.6. The van der Waals surface area contributed by atoms with E-state index in [2.05, 4.69) is 49.0 Å². The van der Waals surface area contributed by atoms with Crippen LogP contribution >= 0.6 is 0 Å². The second-order valence-corrected chi connectivity index (χ2v) is 10.6. The van der Waals surface area contributed by atoms with Crippen molar-refractivity contribution in [3.05, 3.63) is 47.5 Å². The van der Waals surface area contributed by atoms with Gasteiger partial charge in [0.15, 0.2) is 11.6 Å². The van der Waals surface area contributed by atoms with E-state index >= 15 is 0 Å². The Labute approximate surface area is 254 Å². The van der Waals surface area contributed by atoms with E-state index < -0.39 is 0 Å². The number of aryl methyl sites for hydroxylation is 1. The number of carbonyl (C=O) groups excluding carboxylic acids is 2. The highest BCUT2D eigenvalue weighted by molar-refractivity contribution is 5.98. The summed E-state index contributed by atoms with van der Waals surface area (Å²) >= 11 is 0. The summed E-state index contributed by atoms with van der Waals surface area (Å²) in [6.07, 6.45) is 0. The Hall–Kier alpha value is -4.16. The first-order valence-electron chi connectivity index (χ1n) is 13.8. The number of hydrogen-bond acceptors (Lipinski definition) is 10. The van der Waals surface area contributed by atoms with E-state index in [-0.39, 0.29) is 26.8 Å². The lowest BCUT2D eigenvalue weighted by atomic mass is 10.1. The van der Waals surface area contributed by atoms with Crippen LogP contribution in [-0.4, -0.2) is 122 Å². The van der Waals surface area contributed by atoms with Gasteiger partial charge in [-0.2, -0.15) is 10.2 Å². The first-order valence-corrected chi connectivity index (χ1v) is 13.8. The van der Waals surface area contributed by atoms with E-state index in [0.717, 1.165) is 85.8 Å². The van der Waals surface area contributed by atoms with E-state index in [0.29, 0.717) is 11.1 Å². The standard InChI is InChI=1S/C15H20N4O2.C14H18N4O2.2CH4/c1-17-6-8-19(9-7-17)14-12-5-4-11(15(20)21-3)10-13(12)18(2)16-14;1-17-5-7-18(8-6-17)13-11-4-3-10(14(19)20-2)9-12(11)15-16-13;;/h4-5,10H,6-9H2,1-3H3;3-4,9H,5-8H2,1-2H3,(H,15,16);2*1H4. The fourth-order valence-electron chi connectivity index (χ4n) is 5.24. The van der Waals surface area contributed by atoms with E-state index in [1.54, 1.807) is 18.2 Å². The van der Waals surface area contributed by atoms with Gasteiger partial charge in [-0.1, -0.05) is 14.9 Å². The summed E-state index contributed by atoms with van der Waals surface area (Å²) in [4.78, 5) is 32.4. The van der Waals surface area contributed by atoms with Crippen LogP contribution < -0.4 is 9.80 Å². The SMILES string of the molecule is C.C.COC(=O)c1ccc2c(N3CCN(C)CC3)n[nH]c2c1.COC(=O)c1ccc2c(N3CCN(C)CC3)nn(C)c2c1. The normalized spacial score (nSPS) is 15.7. The Kier molecular flexibility index (Phi) is 11.1. The predicted octanol–water partition coefficient (Wildman–Crippen LogP) is 3.49. The van der Waals surface area contributed by atoms with Crippen LogP contribution in [0.1, 0.15) is 35.6 Å². The molecule has 43 heavy (non-hydrogen) atoms. The number of rotatable bonds is 4. The number of H-pyrrole nitrogens is 1. The number of anilines is 2. The van der Waals surface area contributed by atoms with Crippen molar-refractivity contribution in [1.82, 2.24) is 29.8 Å². The summed E-state index contributed by atoms with van der Waals surface area (Å²) in [7, 11) is 8.95. The minimum atomic E-state index is -0.331. The van der Waals surface area contributed by atoms with Crippen molar-refractivity contribution in [2.75, 3.05) is 90.5 Å². The number of carbonyl (C=O) groups is 2. The lowest BCUT2D eigenvalue weighted by molar-refractivity contribution is 0.0592. The van der Waals surface area contributed by atoms with Gasteiger partial charge < -0.3 is 29.1 Å². The van der Waals surface area contributed by atoms with Crippen molar-refractivity contribution in [3.63, 3.8) is 0 Å². The van der Waals surface area contributed by atoms with E-state index in [1.807, 2.05) is 29.9 Å². The lowest BCUT2D eigenvalue weighted by Gasteiger charge is -2.32. The topological polar surface area (TPSA) is 112 Å². The van der Waals surface area contributed by atoms with Gasteiger partial charge in [0.1, 0.15) is 0 Å². The molecule has 2 fully saturated rings. The zero-order chi connectivity index (χ0) is 29.1. The molecule has 234 valence electrons. The minimum Gasteiger partial charge on any atom is -0.465 e. The van der Waals surface area contributed by atoms with Gasteiger partial charge in [0.25, 0.3) is 0 Å². The number of aromatic nitrogens is 4. The maximum Gasteiger partial charge on any atom is 0.337 e. The van der Waals surface area contributed by atoms with Crippen LogP contribution in [0, 0.1) is 0 Å². The van der Waals surface area contributed by atoms with Crippen molar-refractivity contribution < 1.29 is 19.1 Å². The molecule has 0 unspecified atom stereocenters. The molecule has 0 radical (unpaired) electrons. The first-order chi connectivity index (χ1) is 19.8. The lowest BCUT2D eigenvalue weighted by Crippen LogP contribution is -2.44. The van der Waals surface area contributed by atoms with Gasteiger partial charge in [-0.3, -0.25) is 9.78 Å². The Morgan fingerprint density at radius 1 is 0.698 bits per heavy atom. The number of nitrogens with one attached hydrogen (secondary N) is 1. The summed E-state index contributed by atoms with van der Waals surface area (Å²) in [5, 5.41) is 14.2. The van der Waals surface area contributed by atoms with Crippen LogP contribution in [-0.2, 0) is 16.5 Å². The van der Waals surface area contributed by atoms with Crippen LogP contribution in [0.15, 0.2) is 36.4 Å². The monoisotopic (exact) mass is 594 g/mol. The van der Waals surface area contributed by atoms with Crippen molar-refractivity contribution >= 4 is 45.4 Å². The molecule has 6 rings (SSSR count). The first kappa shape index (κ1) is 33.3. The number of hydrogen-bond donors (Lipinski definition) is 1. The van der Waals surface area contributed by atoms with Gasteiger partial charge in [-0.05, 0) is 50.5 Å². The molecular weight excluding hydrogens is 548 g/mol. The summed E-state index contributed by atoms with van der Waals surface area (Å²) in [5.41, 5.74) is 2.90. The molecule has 4 heterocycles. The molecule has 2 saturated heterocycles. The summed E-state index contributed by atoms with van der Waals surface area (Å²) in [6.45, 7) is 8.03. The number of fused-ring (bicyclic) bond motifs is 2. The summed E-state index contributed by atoms with van der Waals surface area (Å²) in [6, 6.07) is 11.1. The smallest absolute Gasteiger partial charge is 0.337 e. The molecule has 2 aromatic carbocycles. The zero-order valence-corrected chi connectivity index (χ0v) is 24.4. The molecule has 0 bridgehead atoms. The van der Waals surface area contributed by atoms with Crippen molar-refractivity contribution in [1.29, 1.82) is 0 Å². The van der Waals surface area contributed by atoms with Crippen LogP contribution in [0.2, 0.25) is 0 Å². The number of ether oxygens (including phenoxy) is 2. The quantitative estimate of drug-likeness (QED) is 0.353. The number of methoxy groups -OCH3 is 2. The van der Waals surface area contributed by atoms with Crippen molar-refractivity contribution in [2.24, 2.45) is 7.05 Å². The van der Waals surface area contributed by atoms with Crippen LogP contribution in [0.5, 0.6) is 0 Å². The average molecular weight is 595 g/mol. The van der Waals surface area contributed by atoms with Crippen molar-refractivity contribution in [3.8, 4) is 0 Å². The summed E-state index contributed by atoms with van der Waals surface area (Å²) in [5.74, 6) is 1.31. The largest absolute Gasteiger partial charge is 0.465 e. The maximum absolute atomic E-state index is 11.6. The van der Waals surface area contributed by atoms with E-state index in [1.165, 1.54) is 14.2 Å². The highest BCUT2D eigenvalue weighted by atomic mass is 16.5. The Bertz CT molecular complexity index is 1530. The molecule has 1 N–H and O–H groups in total. The van der Waals surface area contributed by atoms with Crippen LogP contribution in [0.4, 0.5) is 11.6 Å². The minimum absolute atomic E-state index is 0. The van der Waals surface area contributed by atoms with Gasteiger partial charge >= 0.3 is 11.9 Å². The molecule has 2 aromatic heterocycles. The summed E-state index contributed by atoms with van der Waals surface area (Å²) < 4.78 is 11.3. The van der Waals surface area contributed by atoms with Gasteiger partial charge in [0, 0.05) is 70.2 Å². The molecule has 2 aliphatic rings. The molecule has 0 saturated carbocycles. The molecular formula is C31H46N8O4. The third-order valence-electron chi connectivity index (χ3n) is 7.82. The van der Waals surface area contributed by atoms with Gasteiger partial charge in [-0.25, -0.2) is 9.59 Å². The highest BCUT2D eigenvalue weighted by Crippen LogP contribution is 2.28. The van der Waals surface area contributed by atoms with Gasteiger partial charge in [0.2, 0.25) is 0 Å². The maximum atomic E-state index is 11.6. The van der Waals surface area contributed by atoms with Crippen LogP contribution in [0.25, 0.3) is 21.8 Å². The number of likely N-dealkylation sites (N-methyl/N-ethyl adjacent to an activating group) is 2. The van der Waals surface area contributed by atoms with E-state index in [9.17, 15) is 9.59 Å². The third-order valence-corrected chi connectivity index (χ3v) is 7.82. The number of piperazine rings is 2. The third kappa shape index (κ3) is 7.08. The van der Waals surface area contributed by atoms with Gasteiger partial charge in [-0.15, -0.1) is 0 Å². The number of nitrogens with zero attached hydrogens (tertiary/aromatic N) is 7. The molecule has 2 aliphatic heterocycles. The predicted molar refractivity (Wildman–Crippen MR) is 172 cm³/mol. The number of aromatic amines is 1. The molecule has 0 atom stereocenters. The van der Waals surface area contributed by atoms with Crippen molar-refractivity contribution in [2.45, 2.75) is 14.9 Å². The van der Waals surface area contributed by atoms with Crippen LogP contribution in [0.3, 0.4) is 0 Å². The van der Waals surface area contributed by atoms with Gasteiger partial charge in [0.05, 0.1) is 36.4 Å². The zero-order valence-electron chi connectivity index (χ0n) is 24.4. The molecule has 4 aromatic rings. The highest BCUT2D eigenvalue weighted by Gasteiger charge is 2.21. The molecule has 12 nitrogen and oxygen atoms in total. The molecule has 0 spiro atoms. The Balaban J connectivity index is 0.000000225. The molecule has 0 amide bonds. The molecule has 12 heteroatoms. The number of esters is 2. The average Bonchev–Trinajstić information content (AvgIpc) is 3.57. The number of benzene rings is 2. The fraction of sp³-hybridized carbons (Fsp3) is 0.484. The molecule has 0 aliphatic carbocycles. The second kappa shape index (κ2) is 14.3. The fourth-order valence-corrected chi connectivity index (χ4v) is 5.24. The Morgan fingerprint density at radius 2 is 1.19 bits per heavy atom. The van der Waals surface area contributed by atoms with E-state index in [4.69, 9.17) is 9.47 Å².